The quantitative estimate of drug-likeness (QED) is 0.478. The second-order valence-corrected chi connectivity index (χ2v) is 4.94. The molecule has 1 heterocycles. The smallest absolute Gasteiger partial charge is 0.0396 e. The van der Waals surface area contributed by atoms with E-state index in [1.165, 1.54) is 25.7 Å². The molecule has 0 aromatic carbocycles. The minimum atomic E-state index is 0.736. The summed E-state index contributed by atoms with van der Waals surface area (Å²) in [5.41, 5.74) is 0.736. The first kappa shape index (κ1) is 6.47. The van der Waals surface area contributed by atoms with Crippen molar-refractivity contribution in [3.05, 3.63) is 0 Å². The van der Waals surface area contributed by atoms with Crippen LogP contribution in [-0.4, -0.2) is 23.5 Å². The normalized spacial score (nSPS) is 66.0. The van der Waals surface area contributed by atoms with Crippen molar-refractivity contribution in [1.29, 1.82) is 0 Å². The molecule has 62 valence electrons. The van der Waals surface area contributed by atoms with Gasteiger partial charge in [-0.15, -0.1) is 0 Å². The molecule has 1 heteroatoms. The molecule has 1 saturated heterocycles. The fraction of sp³-hybridized carbons (Fsp3) is 1.00. The van der Waals surface area contributed by atoms with Crippen molar-refractivity contribution in [1.82, 2.24) is 4.90 Å². The molecule has 3 rings (SSSR count). The fourth-order valence-electron chi connectivity index (χ4n) is 4.08. The summed E-state index contributed by atoms with van der Waals surface area (Å²) in [6.45, 7) is 2.43. The van der Waals surface area contributed by atoms with E-state index in [1.807, 2.05) is 0 Å². The van der Waals surface area contributed by atoms with Crippen LogP contribution in [0.2, 0.25) is 0 Å². The Hall–Kier alpha value is -0.0400. The zero-order chi connectivity index (χ0) is 7.64. The number of nitrogens with zero attached hydrogens (tertiary/aromatic N) is 1. The zero-order valence-corrected chi connectivity index (χ0v) is 7.51. The SMILES string of the molecule is CC1CC2CCC3N(C)C23C1. The summed E-state index contributed by atoms with van der Waals surface area (Å²) in [4.78, 5) is 2.64. The van der Waals surface area contributed by atoms with E-state index in [9.17, 15) is 0 Å². The maximum absolute atomic E-state index is 2.64. The van der Waals surface area contributed by atoms with Gasteiger partial charge in [-0.05, 0) is 44.6 Å². The van der Waals surface area contributed by atoms with Crippen LogP contribution in [0.25, 0.3) is 0 Å². The van der Waals surface area contributed by atoms with Crippen LogP contribution < -0.4 is 0 Å². The number of likely N-dealkylation sites (tertiary alicyclic amines) is 1. The largest absolute Gasteiger partial charge is 0.294 e. The highest BCUT2D eigenvalue weighted by atomic mass is 15.4. The van der Waals surface area contributed by atoms with Crippen LogP contribution in [0.3, 0.4) is 0 Å². The van der Waals surface area contributed by atoms with Crippen molar-refractivity contribution in [3.63, 3.8) is 0 Å². The van der Waals surface area contributed by atoms with Crippen LogP contribution in [0, 0.1) is 11.8 Å². The Morgan fingerprint density at radius 3 is 2.82 bits per heavy atom. The van der Waals surface area contributed by atoms with Gasteiger partial charge in [0.2, 0.25) is 0 Å². The second-order valence-electron chi connectivity index (χ2n) is 4.94. The Kier molecular flexibility index (Phi) is 0.976. The van der Waals surface area contributed by atoms with Crippen LogP contribution in [0.4, 0.5) is 0 Å². The highest BCUT2D eigenvalue weighted by Crippen LogP contribution is 2.64. The summed E-state index contributed by atoms with van der Waals surface area (Å²) in [6.07, 6.45) is 6.03. The molecule has 0 radical (unpaired) electrons. The Bertz CT molecular complexity index is 201. The van der Waals surface area contributed by atoms with Gasteiger partial charge in [0.05, 0.1) is 0 Å². The van der Waals surface area contributed by atoms with Gasteiger partial charge in [0, 0.05) is 11.6 Å². The summed E-state index contributed by atoms with van der Waals surface area (Å²) in [6, 6.07) is 0.998. The van der Waals surface area contributed by atoms with E-state index >= 15 is 0 Å². The molecule has 5 atom stereocenters. The molecule has 1 aliphatic heterocycles. The molecule has 5 unspecified atom stereocenters. The van der Waals surface area contributed by atoms with Gasteiger partial charge in [-0.1, -0.05) is 6.92 Å². The molecule has 1 nitrogen and oxygen atoms in total. The van der Waals surface area contributed by atoms with E-state index in [1.54, 1.807) is 0 Å². The first-order valence-electron chi connectivity index (χ1n) is 4.98. The van der Waals surface area contributed by atoms with E-state index in [0.29, 0.717) is 0 Å². The Labute approximate surface area is 68.8 Å². The minimum absolute atomic E-state index is 0.736. The topological polar surface area (TPSA) is 3.01 Å². The van der Waals surface area contributed by atoms with E-state index < -0.39 is 0 Å². The molecular weight excluding hydrogens is 134 g/mol. The van der Waals surface area contributed by atoms with Gasteiger partial charge in [-0.25, -0.2) is 0 Å². The average molecular weight is 151 g/mol. The molecule has 0 amide bonds. The molecule has 2 aliphatic carbocycles. The zero-order valence-electron chi connectivity index (χ0n) is 7.51. The van der Waals surface area contributed by atoms with Gasteiger partial charge in [-0.2, -0.15) is 0 Å². The van der Waals surface area contributed by atoms with Crippen molar-refractivity contribution in [3.8, 4) is 0 Å². The molecule has 2 saturated carbocycles. The lowest BCUT2D eigenvalue weighted by atomic mass is 9.98. The Balaban J connectivity index is 1.94. The maximum atomic E-state index is 2.64. The van der Waals surface area contributed by atoms with Gasteiger partial charge < -0.3 is 0 Å². The van der Waals surface area contributed by atoms with Crippen molar-refractivity contribution < 1.29 is 0 Å². The van der Waals surface area contributed by atoms with Crippen LogP contribution in [0.15, 0.2) is 0 Å². The Morgan fingerprint density at radius 2 is 2.18 bits per heavy atom. The van der Waals surface area contributed by atoms with Crippen molar-refractivity contribution in [2.24, 2.45) is 11.8 Å². The summed E-state index contributed by atoms with van der Waals surface area (Å²) >= 11 is 0. The minimum Gasteiger partial charge on any atom is -0.294 e. The van der Waals surface area contributed by atoms with Crippen molar-refractivity contribution >= 4 is 0 Å². The van der Waals surface area contributed by atoms with Gasteiger partial charge in [0.25, 0.3) is 0 Å². The molecule has 0 N–H and O–H groups in total. The molecule has 0 bridgehead atoms. The predicted molar refractivity (Wildman–Crippen MR) is 45.4 cm³/mol. The average Bonchev–Trinajstić information content (AvgIpc) is 2.32. The van der Waals surface area contributed by atoms with Crippen molar-refractivity contribution in [2.75, 3.05) is 7.05 Å². The standard InChI is InChI=1S/C10H17N/c1-7-5-8-3-4-9-10(8,6-7)11(9)2/h7-9H,3-6H2,1-2H3. The number of piperidine rings is 1. The maximum Gasteiger partial charge on any atom is 0.0396 e. The third-order valence-corrected chi connectivity index (χ3v) is 4.49. The summed E-state index contributed by atoms with van der Waals surface area (Å²) in [5, 5.41) is 0. The number of hydrogen-bond acceptors (Lipinski definition) is 1. The molecule has 0 aromatic heterocycles. The fourth-order valence-corrected chi connectivity index (χ4v) is 4.08. The Morgan fingerprint density at radius 1 is 1.36 bits per heavy atom. The molecule has 1 spiro atoms. The highest BCUT2D eigenvalue weighted by molar-refractivity contribution is 5.25. The first-order valence-corrected chi connectivity index (χ1v) is 4.98. The molecule has 3 fully saturated rings. The van der Waals surface area contributed by atoms with Gasteiger partial charge >= 0.3 is 0 Å². The monoisotopic (exact) mass is 151 g/mol. The second kappa shape index (κ2) is 1.66. The molecule has 11 heavy (non-hydrogen) atoms. The third kappa shape index (κ3) is 0.547. The van der Waals surface area contributed by atoms with E-state index in [-0.39, 0.29) is 0 Å². The van der Waals surface area contributed by atoms with Crippen LogP contribution in [0.1, 0.15) is 32.6 Å². The number of rotatable bonds is 0. The first-order chi connectivity index (χ1) is 5.25. The molecule has 0 aromatic rings. The summed E-state index contributed by atoms with van der Waals surface area (Å²) < 4.78 is 0. The lowest BCUT2D eigenvalue weighted by Gasteiger charge is -2.14. The molecular formula is C10H17N. The van der Waals surface area contributed by atoms with Gasteiger partial charge in [0.1, 0.15) is 0 Å². The van der Waals surface area contributed by atoms with Crippen LogP contribution in [-0.2, 0) is 0 Å². The van der Waals surface area contributed by atoms with E-state index in [4.69, 9.17) is 0 Å². The lowest BCUT2D eigenvalue weighted by Crippen LogP contribution is -2.19. The number of likely N-dealkylation sites (N-methyl/N-ethyl adjacent to an activating group) is 1. The summed E-state index contributed by atoms with van der Waals surface area (Å²) in [5.74, 6) is 2.08. The third-order valence-electron chi connectivity index (χ3n) is 4.49. The van der Waals surface area contributed by atoms with Gasteiger partial charge in [0.15, 0.2) is 0 Å². The summed E-state index contributed by atoms with van der Waals surface area (Å²) in [7, 11) is 2.33. The van der Waals surface area contributed by atoms with Crippen LogP contribution in [0.5, 0.6) is 0 Å². The predicted octanol–water partition coefficient (Wildman–Crippen LogP) is 1.88. The van der Waals surface area contributed by atoms with Crippen molar-refractivity contribution in [2.45, 2.75) is 44.2 Å². The van der Waals surface area contributed by atoms with Gasteiger partial charge in [-0.3, -0.25) is 4.90 Å². The molecule has 3 aliphatic rings. The van der Waals surface area contributed by atoms with Crippen LogP contribution >= 0.6 is 0 Å². The van der Waals surface area contributed by atoms with E-state index in [0.717, 1.165) is 23.4 Å². The highest BCUT2D eigenvalue weighted by Gasteiger charge is 2.69. The number of hydrogen-bond donors (Lipinski definition) is 0. The lowest BCUT2D eigenvalue weighted by molar-refractivity contribution is 0.342. The van der Waals surface area contributed by atoms with E-state index in [2.05, 4.69) is 18.9 Å².